The summed E-state index contributed by atoms with van der Waals surface area (Å²) in [6.45, 7) is 2.25. The van der Waals surface area contributed by atoms with Crippen molar-refractivity contribution in [3.05, 3.63) is 35.0 Å². The van der Waals surface area contributed by atoms with Crippen LogP contribution >= 0.6 is 0 Å². The van der Waals surface area contributed by atoms with Crippen LogP contribution < -0.4 is 10.4 Å². The summed E-state index contributed by atoms with van der Waals surface area (Å²) in [6, 6.07) is 3.58. The standard InChI is InChI=1S/C14H21N5O3S/c1-3-4-10-23(21,22)16-8-9-19-14(20)18(2)13(17-19)12-6-5-7-15-11-12/h5-7,11,16H,3-4,8-10H2,1-2H3. The Labute approximate surface area is 135 Å². The molecule has 2 rings (SSSR count). The summed E-state index contributed by atoms with van der Waals surface area (Å²) in [6.07, 6.45) is 4.70. The van der Waals surface area contributed by atoms with Crippen molar-refractivity contribution >= 4 is 10.0 Å². The molecule has 0 unspecified atom stereocenters. The van der Waals surface area contributed by atoms with Crippen LogP contribution in [0.2, 0.25) is 0 Å². The molecule has 23 heavy (non-hydrogen) atoms. The van der Waals surface area contributed by atoms with E-state index in [4.69, 9.17) is 0 Å². The molecule has 0 radical (unpaired) electrons. The highest BCUT2D eigenvalue weighted by molar-refractivity contribution is 7.89. The first-order valence-electron chi connectivity index (χ1n) is 7.46. The number of nitrogens with zero attached hydrogens (tertiary/aromatic N) is 4. The van der Waals surface area contributed by atoms with E-state index in [-0.39, 0.29) is 24.5 Å². The van der Waals surface area contributed by atoms with Gasteiger partial charge in [-0.2, -0.15) is 0 Å². The summed E-state index contributed by atoms with van der Waals surface area (Å²) >= 11 is 0. The second kappa shape index (κ2) is 7.51. The lowest BCUT2D eigenvalue weighted by Crippen LogP contribution is -2.33. The van der Waals surface area contributed by atoms with Gasteiger partial charge in [-0.05, 0) is 18.6 Å². The summed E-state index contributed by atoms with van der Waals surface area (Å²) in [7, 11) is -1.67. The molecule has 0 bridgehead atoms. The van der Waals surface area contributed by atoms with Gasteiger partial charge in [0.15, 0.2) is 5.82 Å². The molecule has 0 aliphatic carbocycles. The van der Waals surface area contributed by atoms with Crippen LogP contribution in [0, 0.1) is 0 Å². The number of hydrogen-bond acceptors (Lipinski definition) is 5. The first kappa shape index (κ1) is 17.4. The lowest BCUT2D eigenvalue weighted by molar-refractivity contribution is 0.549. The fourth-order valence-corrected chi connectivity index (χ4v) is 3.31. The molecule has 0 fully saturated rings. The number of rotatable bonds is 8. The molecule has 0 spiro atoms. The number of pyridine rings is 1. The summed E-state index contributed by atoms with van der Waals surface area (Å²) in [5.41, 5.74) is 0.436. The molecule has 1 N–H and O–H groups in total. The summed E-state index contributed by atoms with van der Waals surface area (Å²) in [5, 5.41) is 4.25. The van der Waals surface area contributed by atoms with Gasteiger partial charge in [-0.3, -0.25) is 9.55 Å². The van der Waals surface area contributed by atoms with Crippen molar-refractivity contribution in [1.82, 2.24) is 24.1 Å². The molecule has 2 aromatic rings. The van der Waals surface area contributed by atoms with Crippen molar-refractivity contribution < 1.29 is 8.42 Å². The molecule has 0 atom stereocenters. The van der Waals surface area contributed by atoms with E-state index in [0.717, 1.165) is 12.0 Å². The Bertz CT molecular complexity index is 796. The molecule has 0 saturated heterocycles. The van der Waals surface area contributed by atoms with Crippen LogP contribution in [0.3, 0.4) is 0 Å². The third-order valence-electron chi connectivity index (χ3n) is 3.37. The highest BCUT2D eigenvalue weighted by Crippen LogP contribution is 2.12. The van der Waals surface area contributed by atoms with Crippen molar-refractivity contribution in [2.75, 3.05) is 12.3 Å². The van der Waals surface area contributed by atoms with Crippen molar-refractivity contribution in [3.8, 4) is 11.4 Å². The maximum Gasteiger partial charge on any atom is 0.345 e. The average molecular weight is 339 g/mol. The Hall–Kier alpha value is -2.00. The maximum atomic E-state index is 12.2. The van der Waals surface area contributed by atoms with Crippen LogP contribution in [0.1, 0.15) is 19.8 Å². The summed E-state index contributed by atoms with van der Waals surface area (Å²) in [4.78, 5) is 16.2. The Morgan fingerprint density at radius 2 is 2.13 bits per heavy atom. The zero-order valence-corrected chi connectivity index (χ0v) is 14.1. The smallest absolute Gasteiger partial charge is 0.278 e. The number of unbranched alkanes of at least 4 members (excludes halogenated alkanes) is 1. The molecule has 0 aliphatic rings. The minimum absolute atomic E-state index is 0.0988. The number of hydrogen-bond donors (Lipinski definition) is 1. The quantitative estimate of drug-likeness (QED) is 0.749. The minimum Gasteiger partial charge on any atom is -0.278 e. The fourth-order valence-electron chi connectivity index (χ4n) is 2.09. The number of nitrogens with one attached hydrogen (secondary N) is 1. The Kier molecular flexibility index (Phi) is 5.67. The topological polar surface area (TPSA) is 98.9 Å². The van der Waals surface area contributed by atoms with Crippen LogP contribution in [0.15, 0.2) is 29.3 Å². The summed E-state index contributed by atoms with van der Waals surface area (Å²) in [5.74, 6) is 0.596. The average Bonchev–Trinajstić information content (AvgIpc) is 2.82. The third kappa shape index (κ3) is 4.49. The van der Waals surface area contributed by atoms with Gasteiger partial charge >= 0.3 is 5.69 Å². The van der Waals surface area contributed by atoms with Gasteiger partial charge in [-0.25, -0.2) is 22.6 Å². The molecule has 2 aromatic heterocycles. The molecule has 2 heterocycles. The first-order valence-corrected chi connectivity index (χ1v) is 9.11. The Morgan fingerprint density at radius 1 is 1.35 bits per heavy atom. The highest BCUT2D eigenvalue weighted by atomic mass is 32.2. The largest absolute Gasteiger partial charge is 0.345 e. The van der Waals surface area contributed by atoms with Gasteiger partial charge in [0.05, 0.1) is 12.3 Å². The van der Waals surface area contributed by atoms with Crippen molar-refractivity contribution in [3.63, 3.8) is 0 Å². The van der Waals surface area contributed by atoms with Gasteiger partial charge in [-0.1, -0.05) is 13.3 Å². The lowest BCUT2D eigenvalue weighted by Gasteiger charge is -2.05. The molecule has 8 nitrogen and oxygen atoms in total. The van der Waals surface area contributed by atoms with E-state index in [1.165, 1.54) is 9.25 Å². The van der Waals surface area contributed by atoms with Gasteiger partial charge in [0.2, 0.25) is 10.0 Å². The normalized spacial score (nSPS) is 11.7. The predicted octanol–water partition coefficient (Wildman–Crippen LogP) is 0.363. The van der Waals surface area contributed by atoms with E-state index in [0.29, 0.717) is 12.2 Å². The molecular formula is C14H21N5O3S. The molecular weight excluding hydrogens is 318 g/mol. The van der Waals surface area contributed by atoms with Crippen LogP contribution in [-0.2, 0) is 23.6 Å². The van der Waals surface area contributed by atoms with Crippen LogP contribution in [-0.4, -0.2) is 40.0 Å². The van der Waals surface area contributed by atoms with Gasteiger partial charge in [0.1, 0.15) is 0 Å². The SMILES string of the molecule is CCCCS(=O)(=O)NCCn1nc(-c2cccnc2)n(C)c1=O. The molecule has 126 valence electrons. The molecule has 0 aliphatic heterocycles. The second-order valence-corrected chi connectivity index (χ2v) is 7.12. The van der Waals surface area contributed by atoms with Crippen molar-refractivity contribution in [1.29, 1.82) is 0 Å². The van der Waals surface area contributed by atoms with E-state index >= 15 is 0 Å². The monoisotopic (exact) mass is 339 g/mol. The van der Waals surface area contributed by atoms with E-state index in [9.17, 15) is 13.2 Å². The zero-order valence-electron chi connectivity index (χ0n) is 13.3. The lowest BCUT2D eigenvalue weighted by atomic mass is 10.3. The van der Waals surface area contributed by atoms with Crippen LogP contribution in [0.5, 0.6) is 0 Å². The Balaban J connectivity index is 2.06. The maximum absolute atomic E-state index is 12.2. The fraction of sp³-hybridized carbons (Fsp3) is 0.500. The zero-order chi connectivity index (χ0) is 16.9. The molecule has 0 saturated carbocycles. The second-order valence-electron chi connectivity index (χ2n) is 5.20. The predicted molar refractivity (Wildman–Crippen MR) is 87.4 cm³/mol. The van der Waals surface area contributed by atoms with Gasteiger partial charge in [0, 0.05) is 31.5 Å². The first-order chi connectivity index (χ1) is 10.9. The van der Waals surface area contributed by atoms with Crippen LogP contribution in [0.4, 0.5) is 0 Å². The van der Waals surface area contributed by atoms with E-state index in [2.05, 4.69) is 14.8 Å². The van der Waals surface area contributed by atoms with Gasteiger partial charge in [-0.15, -0.1) is 5.10 Å². The number of aromatic nitrogens is 4. The highest BCUT2D eigenvalue weighted by Gasteiger charge is 2.13. The van der Waals surface area contributed by atoms with Crippen molar-refractivity contribution in [2.45, 2.75) is 26.3 Å². The van der Waals surface area contributed by atoms with E-state index < -0.39 is 10.0 Å². The van der Waals surface area contributed by atoms with Crippen molar-refractivity contribution in [2.24, 2.45) is 7.05 Å². The summed E-state index contributed by atoms with van der Waals surface area (Å²) < 4.78 is 28.6. The minimum atomic E-state index is -3.29. The molecule has 9 heteroatoms. The Morgan fingerprint density at radius 3 is 2.78 bits per heavy atom. The van der Waals surface area contributed by atoms with E-state index in [1.54, 1.807) is 25.5 Å². The molecule has 0 aromatic carbocycles. The van der Waals surface area contributed by atoms with Gasteiger partial charge in [0.25, 0.3) is 0 Å². The van der Waals surface area contributed by atoms with Crippen LogP contribution in [0.25, 0.3) is 11.4 Å². The molecule has 0 amide bonds. The van der Waals surface area contributed by atoms with E-state index in [1.807, 2.05) is 13.0 Å². The van der Waals surface area contributed by atoms with Gasteiger partial charge < -0.3 is 0 Å². The third-order valence-corrected chi connectivity index (χ3v) is 4.84. The number of sulfonamides is 1.